The Morgan fingerprint density at radius 3 is 3.05 bits per heavy atom. The van der Waals surface area contributed by atoms with Crippen LogP contribution in [0.3, 0.4) is 0 Å². The molecule has 3 heterocycles. The highest BCUT2D eigenvalue weighted by Crippen LogP contribution is 2.37. The van der Waals surface area contributed by atoms with Crippen LogP contribution in [0.2, 0.25) is 0 Å². The standard InChI is InChI=1S/C14H13N5S/c1-8-2-5-12(15-6-8)17-14-18-13-9-7-16-19-10(9)3-4-11(13)20-14/h2,5-7H,3-4H2,1H3,(H,16,19)(H,15,17,18). The topological polar surface area (TPSA) is 66.5 Å². The summed E-state index contributed by atoms with van der Waals surface area (Å²) in [6.07, 6.45) is 5.74. The average Bonchev–Trinajstić information content (AvgIpc) is 3.06. The minimum atomic E-state index is 0.828. The van der Waals surface area contributed by atoms with Crippen LogP contribution in [-0.4, -0.2) is 20.2 Å². The van der Waals surface area contributed by atoms with Gasteiger partial charge in [0.05, 0.1) is 11.9 Å². The van der Waals surface area contributed by atoms with E-state index in [1.54, 1.807) is 11.3 Å². The molecule has 0 bridgehead atoms. The van der Waals surface area contributed by atoms with E-state index < -0.39 is 0 Å². The predicted octanol–water partition coefficient (Wildman–Crippen LogP) is 3.08. The first-order chi connectivity index (χ1) is 9.79. The van der Waals surface area contributed by atoms with Crippen molar-refractivity contribution in [1.29, 1.82) is 0 Å². The van der Waals surface area contributed by atoms with E-state index in [1.165, 1.54) is 10.6 Å². The van der Waals surface area contributed by atoms with Gasteiger partial charge in [0.1, 0.15) is 5.82 Å². The Labute approximate surface area is 120 Å². The molecule has 0 spiro atoms. The van der Waals surface area contributed by atoms with Gasteiger partial charge in [0.25, 0.3) is 0 Å². The number of aromatic nitrogens is 4. The smallest absolute Gasteiger partial charge is 0.189 e. The van der Waals surface area contributed by atoms with Crippen LogP contribution in [0.25, 0.3) is 11.3 Å². The molecule has 0 fully saturated rings. The second-order valence-corrected chi connectivity index (χ2v) is 5.98. The lowest BCUT2D eigenvalue weighted by Crippen LogP contribution is -2.00. The minimum Gasteiger partial charge on any atom is -0.316 e. The Morgan fingerprint density at radius 2 is 2.20 bits per heavy atom. The van der Waals surface area contributed by atoms with Gasteiger partial charge in [-0.25, -0.2) is 9.97 Å². The molecule has 5 nitrogen and oxygen atoms in total. The molecule has 0 saturated carbocycles. The zero-order valence-corrected chi connectivity index (χ0v) is 11.8. The van der Waals surface area contributed by atoms with Crippen molar-refractivity contribution in [3.8, 4) is 11.3 Å². The van der Waals surface area contributed by atoms with Gasteiger partial charge in [0, 0.05) is 22.3 Å². The second kappa shape index (κ2) is 4.42. The maximum atomic E-state index is 4.69. The fraction of sp³-hybridized carbons (Fsp3) is 0.214. The molecule has 3 aromatic heterocycles. The Kier molecular flexibility index (Phi) is 2.56. The molecule has 0 aromatic carbocycles. The maximum Gasteiger partial charge on any atom is 0.189 e. The van der Waals surface area contributed by atoms with Crippen LogP contribution in [0.5, 0.6) is 0 Å². The lowest BCUT2D eigenvalue weighted by Gasteiger charge is -2.08. The Bertz CT molecular complexity index is 756. The molecule has 0 unspecified atom stereocenters. The molecule has 100 valence electrons. The summed E-state index contributed by atoms with van der Waals surface area (Å²) in [6.45, 7) is 2.03. The normalized spacial score (nSPS) is 12.8. The molecule has 4 rings (SSSR count). The Balaban J connectivity index is 1.67. The number of hydrogen-bond acceptors (Lipinski definition) is 5. The summed E-state index contributed by atoms with van der Waals surface area (Å²) in [7, 11) is 0. The number of pyridine rings is 1. The number of anilines is 2. The van der Waals surface area contributed by atoms with Crippen LogP contribution in [0.15, 0.2) is 24.5 Å². The highest BCUT2D eigenvalue weighted by atomic mass is 32.1. The van der Waals surface area contributed by atoms with Crippen molar-refractivity contribution < 1.29 is 0 Å². The molecule has 1 aliphatic carbocycles. The molecule has 0 aliphatic heterocycles. The predicted molar refractivity (Wildman–Crippen MR) is 79.4 cm³/mol. The van der Waals surface area contributed by atoms with Crippen LogP contribution in [0.1, 0.15) is 16.1 Å². The maximum absolute atomic E-state index is 4.69. The summed E-state index contributed by atoms with van der Waals surface area (Å²) in [5, 5.41) is 11.3. The first-order valence-corrected chi connectivity index (χ1v) is 7.33. The first kappa shape index (κ1) is 11.6. The molecule has 20 heavy (non-hydrogen) atoms. The van der Waals surface area contributed by atoms with Gasteiger partial charge in [0.2, 0.25) is 0 Å². The van der Waals surface area contributed by atoms with Crippen molar-refractivity contribution in [3.63, 3.8) is 0 Å². The highest BCUT2D eigenvalue weighted by Gasteiger charge is 2.22. The van der Waals surface area contributed by atoms with Crippen LogP contribution >= 0.6 is 11.3 Å². The van der Waals surface area contributed by atoms with Crippen LogP contribution in [0.4, 0.5) is 10.9 Å². The van der Waals surface area contributed by atoms with Crippen LogP contribution < -0.4 is 5.32 Å². The van der Waals surface area contributed by atoms with E-state index in [4.69, 9.17) is 0 Å². The van der Waals surface area contributed by atoms with Gasteiger partial charge >= 0.3 is 0 Å². The summed E-state index contributed by atoms with van der Waals surface area (Å²) in [5.41, 5.74) is 4.52. The molecule has 6 heteroatoms. The molecule has 3 aromatic rings. The molecule has 0 saturated heterocycles. The third-order valence-corrected chi connectivity index (χ3v) is 4.45. The fourth-order valence-electron chi connectivity index (χ4n) is 2.38. The third-order valence-electron chi connectivity index (χ3n) is 3.42. The van der Waals surface area contributed by atoms with Crippen molar-refractivity contribution in [1.82, 2.24) is 20.2 Å². The minimum absolute atomic E-state index is 0.828. The van der Waals surface area contributed by atoms with E-state index in [0.717, 1.165) is 40.6 Å². The summed E-state index contributed by atoms with van der Waals surface area (Å²) < 4.78 is 0. The van der Waals surface area contributed by atoms with Gasteiger partial charge in [-0.2, -0.15) is 5.10 Å². The van der Waals surface area contributed by atoms with E-state index in [0.29, 0.717) is 0 Å². The monoisotopic (exact) mass is 283 g/mol. The highest BCUT2D eigenvalue weighted by molar-refractivity contribution is 7.16. The average molecular weight is 283 g/mol. The van der Waals surface area contributed by atoms with Gasteiger partial charge < -0.3 is 5.32 Å². The van der Waals surface area contributed by atoms with Crippen molar-refractivity contribution in [2.24, 2.45) is 0 Å². The van der Waals surface area contributed by atoms with Gasteiger partial charge in [-0.3, -0.25) is 5.10 Å². The zero-order valence-electron chi connectivity index (χ0n) is 11.0. The van der Waals surface area contributed by atoms with E-state index in [9.17, 15) is 0 Å². The second-order valence-electron chi connectivity index (χ2n) is 4.90. The van der Waals surface area contributed by atoms with Crippen molar-refractivity contribution in [2.45, 2.75) is 19.8 Å². The number of aromatic amines is 1. The molecule has 0 amide bonds. The van der Waals surface area contributed by atoms with Crippen molar-refractivity contribution in [2.75, 3.05) is 5.32 Å². The molecule has 0 atom stereocenters. The number of thiazole rings is 1. The quantitative estimate of drug-likeness (QED) is 0.758. The number of nitrogens with one attached hydrogen (secondary N) is 2. The summed E-state index contributed by atoms with van der Waals surface area (Å²) in [6, 6.07) is 4.01. The number of rotatable bonds is 2. The van der Waals surface area contributed by atoms with Crippen molar-refractivity contribution >= 4 is 22.3 Å². The number of fused-ring (bicyclic) bond motifs is 3. The summed E-state index contributed by atoms with van der Waals surface area (Å²) in [5.74, 6) is 0.828. The van der Waals surface area contributed by atoms with E-state index >= 15 is 0 Å². The number of hydrogen-bond donors (Lipinski definition) is 2. The third kappa shape index (κ3) is 1.89. The molecule has 1 aliphatic rings. The van der Waals surface area contributed by atoms with E-state index in [2.05, 4.69) is 25.5 Å². The molecule has 0 radical (unpaired) electrons. The first-order valence-electron chi connectivity index (χ1n) is 6.51. The molecule has 2 N–H and O–H groups in total. The number of nitrogens with zero attached hydrogens (tertiary/aromatic N) is 3. The molecular weight excluding hydrogens is 270 g/mol. The van der Waals surface area contributed by atoms with Gasteiger partial charge in [-0.05, 0) is 31.4 Å². The lowest BCUT2D eigenvalue weighted by atomic mass is 10.0. The summed E-state index contributed by atoms with van der Waals surface area (Å²) in [4.78, 5) is 10.4. The summed E-state index contributed by atoms with van der Waals surface area (Å²) >= 11 is 1.70. The Morgan fingerprint density at radius 1 is 1.25 bits per heavy atom. The van der Waals surface area contributed by atoms with Gasteiger partial charge in [0.15, 0.2) is 5.13 Å². The van der Waals surface area contributed by atoms with E-state index in [1.807, 2.05) is 31.5 Å². The van der Waals surface area contributed by atoms with Gasteiger partial charge in [-0.1, -0.05) is 6.07 Å². The van der Waals surface area contributed by atoms with Crippen molar-refractivity contribution in [3.05, 3.63) is 40.7 Å². The largest absolute Gasteiger partial charge is 0.316 e. The lowest BCUT2D eigenvalue weighted by molar-refractivity contribution is 0.891. The van der Waals surface area contributed by atoms with Crippen LogP contribution in [-0.2, 0) is 12.8 Å². The van der Waals surface area contributed by atoms with Gasteiger partial charge in [-0.15, -0.1) is 11.3 Å². The molecular formula is C14H13N5S. The zero-order chi connectivity index (χ0) is 13.5. The number of aryl methyl sites for hydroxylation is 3. The number of H-pyrrole nitrogens is 1. The fourth-order valence-corrected chi connectivity index (χ4v) is 3.36. The van der Waals surface area contributed by atoms with Crippen LogP contribution in [0, 0.1) is 6.92 Å². The Hall–Kier alpha value is -2.21. The SMILES string of the molecule is Cc1ccc(Nc2nc3c(s2)CCc2[nH]ncc2-3)nc1. The van der Waals surface area contributed by atoms with E-state index in [-0.39, 0.29) is 0 Å².